The van der Waals surface area contributed by atoms with Crippen molar-refractivity contribution >= 4 is 0 Å². The summed E-state index contributed by atoms with van der Waals surface area (Å²) < 4.78 is 0. The van der Waals surface area contributed by atoms with Crippen molar-refractivity contribution in [3.63, 3.8) is 0 Å². The normalized spacial score (nSPS) is 3.00. The smallest absolute Gasteiger partial charge is 0.204 e. The summed E-state index contributed by atoms with van der Waals surface area (Å²) in [5, 5.41) is 18.0. The van der Waals surface area contributed by atoms with Gasteiger partial charge in [-0.15, -0.1) is 20.2 Å². The molecule has 0 aliphatic rings. The Balaban J connectivity index is -0.0000000160. The van der Waals surface area contributed by atoms with Gasteiger partial charge in [-0.05, 0) is 0 Å². The Bertz CT molecular complexity index is 32.3. The molecule has 0 amide bonds. The first kappa shape index (κ1) is 26.0. The summed E-state index contributed by atoms with van der Waals surface area (Å²) in [6, 6.07) is 0. The second kappa shape index (κ2) is 91.3. The molecule has 0 spiro atoms. The molecule has 8 heteroatoms. The SMILES string of the molecule is N.[O]N=O.[O]N=O.[Pt]. The van der Waals surface area contributed by atoms with Gasteiger partial charge >= 0.3 is 0 Å². The zero-order valence-corrected chi connectivity index (χ0v) is 5.82. The monoisotopic (exact) mass is 304 g/mol. The number of rotatable bonds is 0. The van der Waals surface area contributed by atoms with Crippen LogP contribution in [0.3, 0.4) is 0 Å². The number of hydrogen-bond donors (Lipinski definition) is 1. The Labute approximate surface area is 58.8 Å². The molecule has 0 aromatic carbocycles. The van der Waals surface area contributed by atoms with Crippen molar-refractivity contribution in [2.75, 3.05) is 0 Å². The van der Waals surface area contributed by atoms with Gasteiger partial charge < -0.3 is 6.15 Å². The minimum Gasteiger partial charge on any atom is -0.344 e. The Hall–Kier alpha value is -0.552. The minimum atomic E-state index is 0. The van der Waals surface area contributed by atoms with Crippen molar-refractivity contribution in [3.8, 4) is 0 Å². The Morgan fingerprint density at radius 1 is 0.875 bits per heavy atom. The molecule has 0 bridgehead atoms. The molecule has 0 saturated carbocycles. The van der Waals surface area contributed by atoms with Crippen LogP contribution in [0.4, 0.5) is 0 Å². The van der Waals surface area contributed by atoms with Crippen LogP contribution in [-0.2, 0) is 31.5 Å². The van der Waals surface area contributed by atoms with Crippen molar-refractivity contribution in [1.82, 2.24) is 6.15 Å². The Kier molecular flexibility index (Phi) is 297. The molecule has 0 atom stereocenters. The van der Waals surface area contributed by atoms with Crippen molar-refractivity contribution < 1.29 is 31.5 Å². The summed E-state index contributed by atoms with van der Waals surface area (Å²) in [6.45, 7) is 0. The second-order valence-electron chi connectivity index (χ2n) is 0.149. The van der Waals surface area contributed by atoms with Gasteiger partial charge in [-0.1, -0.05) is 0 Å². The van der Waals surface area contributed by atoms with Crippen molar-refractivity contribution in [2.24, 2.45) is 10.7 Å². The maximum atomic E-state index is 8.00. The molecular weight excluding hydrogens is 301 g/mol. The summed E-state index contributed by atoms with van der Waals surface area (Å²) in [5.74, 6) is 0. The van der Waals surface area contributed by atoms with E-state index in [1.165, 1.54) is 0 Å². The summed E-state index contributed by atoms with van der Waals surface area (Å²) in [6.07, 6.45) is 0. The summed E-state index contributed by atoms with van der Waals surface area (Å²) in [5.41, 5.74) is 0. The molecule has 52 valence electrons. The average molecular weight is 304 g/mol. The van der Waals surface area contributed by atoms with Gasteiger partial charge in [-0.3, -0.25) is 0 Å². The summed E-state index contributed by atoms with van der Waals surface area (Å²) >= 11 is 0. The molecule has 8 heavy (non-hydrogen) atoms. The molecule has 0 rings (SSSR count). The molecule has 0 fully saturated rings. The molecule has 2 radical (unpaired) electrons. The van der Waals surface area contributed by atoms with E-state index < -0.39 is 0 Å². The third kappa shape index (κ3) is 354. The first-order chi connectivity index (χ1) is 2.83. The zero-order chi connectivity index (χ0) is 5.41. The Morgan fingerprint density at radius 2 is 0.875 bits per heavy atom. The van der Waals surface area contributed by atoms with Gasteiger partial charge in [0.05, 0.1) is 0 Å². The van der Waals surface area contributed by atoms with Crippen LogP contribution in [0, 0.1) is 9.81 Å². The second-order valence-corrected chi connectivity index (χ2v) is 0.149. The molecule has 7 nitrogen and oxygen atoms in total. The van der Waals surface area contributed by atoms with Gasteiger partial charge in [-0.2, -0.15) is 0 Å². The summed E-state index contributed by atoms with van der Waals surface area (Å²) in [4.78, 5) is 16.0. The van der Waals surface area contributed by atoms with Gasteiger partial charge in [-0.25, -0.2) is 0 Å². The average Bonchev–Trinajstić information content (AvgIpc) is 1.39. The third-order valence-electron chi connectivity index (χ3n) is 0. The fraction of sp³-hybridized carbons (Fsp3) is 0. The summed E-state index contributed by atoms with van der Waals surface area (Å²) in [7, 11) is 0. The third-order valence-corrected chi connectivity index (χ3v) is 0. The maximum absolute atomic E-state index is 8.00. The molecule has 0 saturated heterocycles. The van der Waals surface area contributed by atoms with Crippen LogP contribution >= 0.6 is 0 Å². The van der Waals surface area contributed by atoms with Gasteiger partial charge in [0.25, 0.3) is 0 Å². The Morgan fingerprint density at radius 3 is 0.875 bits per heavy atom. The van der Waals surface area contributed by atoms with Gasteiger partial charge in [0, 0.05) is 21.1 Å². The molecule has 0 unspecified atom stereocenters. The van der Waals surface area contributed by atoms with E-state index in [1.54, 1.807) is 0 Å². The number of hydrogen-bond acceptors (Lipinski definition) is 5. The van der Waals surface area contributed by atoms with E-state index in [-0.39, 0.29) is 27.2 Å². The van der Waals surface area contributed by atoms with Crippen LogP contribution < -0.4 is 6.15 Å². The van der Waals surface area contributed by atoms with Crippen LogP contribution in [-0.4, -0.2) is 0 Å². The van der Waals surface area contributed by atoms with E-state index in [2.05, 4.69) is 0 Å². The van der Waals surface area contributed by atoms with Crippen LogP contribution in [0.1, 0.15) is 0 Å². The molecular formula is H3N3O4Pt. The standard InChI is InChI=1S/2NO2.H3N.Pt/c2*2-1-3;;/h;;1H3;. The molecule has 0 aromatic rings. The predicted octanol–water partition coefficient (Wildman–Crippen LogP) is 0.356. The fourth-order valence-corrected chi connectivity index (χ4v) is 0. The van der Waals surface area contributed by atoms with E-state index in [0.29, 0.717) is 0 Å². The van der Waals surface area contributed by atoms with E-state index in [9.17, 15) is 0 Å². The predicted molar refractivity (Wildman–Crippen MR) is 18.0 cm³/mol. The van der Waals surface area contributed by atoms with E-state index in [0.717, 1.165) is 10.7 Å². The minimum absolute atomic E-state index is 0. The first-order valence-corrected chi connectivity index (χ1v) is 0.730. The van der Waals surface area contributed by atoms with E-state index in [4.69, 9.17) is 20.2 Å². The molecule has 0 aliphatic carbocycles. The van der Waals surface area contributed by atoms with Crippen molar-refractivity contribution in [3.05, 3.63) is 9.81 Å². The van der Waals surface area contributed by atoms with Crippen LogP contribution in [0.15, 0.2) is 10.7 Å². The fourth-order valence-electron chi connectivity index (χ4n) is 0. The van der Waals surface area contributed by atoms with Crippen LogP contribution in [0.25, 0.3) is 0 Å². The molecule has 0 aromatic heterocycles. The topological polar surface area (TPSA) is 134 Å². The van der Waals surface area contributed by atoms with Crippen molar-refractivity contribution in [2.45, 2.75) is 0 Å². The van der Waals surface area contributed by atoms with E-state index >= 15 is 0 Å². The number of nitrogens with zero attached hydrogens (tertiary/aromatic N) is 2. The van der Waals surface area contributed by atoms with Gasteiger partial charge in [0.1, 0.15) is 0 Å². The first-order valence-electron chi connectivity index (χ1n) is 0.730. The zero-order valence-electron chi connectivity index (χ0n) is 3.55. The molecule has 3 N–H and O–H groups in total. The quantitative estimate of drug-likeness (QED) is 0.511. The van der Waals surface area contributed by atoms with Crippen molar-refractivity contribution in [1.29, 1.82) is 0 Å². The maximum Gasteiger partial charge on any atom is 0.204 e. The molecule has 0 aliphatic heterocycles. The van der Waals surface area contributed by atoms with E-state index in [1.807, 2.05) is 0 Å². The van der Waals surface area contributed by atoms with Gasteiger partial charge in [0.2, 0.25) is 10.7 Å². The van der Waals surface area contributed by atoms with Crippen LogP contribution in [0.2, 0.25) is 0 Å². The molecule has 0 heterocycles. The largest absolute Gasteiger partial charge is 0.344 e. The van der Waals surface area contributed by atoms with Gasteiger partial charge in [0.15, 0.2) is 0 Å². The van der Waals surface area contributed by atoms with Crippen LogP contribution in [0.5, 0.6) is 0 Å².